The van der Waals surface area contributed by atoms with Crippen LogP contribution in [0.15, 0.2) is 24.3 Å². The zero-order valence-electron chi connectivity index (χ0n) is 16.2. The quantitative estimate of drug-likeness (QED) is 0.667. The molecule has 146 valence electrons. The Morgan fingerprint density at radius 3 is 2.93 bits per heavy atom. The van der Waals surface area contributed by atoms with E-state index >= 15 is 0 Å². The van der Waals surface area contributed by atoms with E-state index in [4.69, 9.17) is 9.47 Å². The van der Waals surface area contributed by atoms with Gasteiger partial charge < -0.3 is 18.9 Å². The van der Waals surface area contributed by atoms with Gasteiger partial charge in [-0.2, -0.15) is 0 Å². The van der Waals surface area contributed by atoms with Crippen LogP contribution in [0.4, 0.5) is 0 Å². The number of rotatable bonds is 8. The standard InChI is InChI=1S/C20H28N4O3/c1-26-13-7-11-23(15-16-8-6-9-17(14-16)27-2)20(25)19-22-21-18-10-4-3-5-12-24(18)19/h6,8-9,14H,3-5,7,10-13,15H2,1-2H3. The lowest BCUT2D eigenvalue weighted by molar-refractivity contribution is 0.0705. The van der Waals surface area contributed by atoms with Crippen molar-refractivity contribution >= 4 is 5.91 Å². The molecular formula is C20H28N4O3. The van der Waals surface area contributed by atoms with Gasteiger partial charge in [-0.3, -0.25) is 4.79 Å². The highest BCUT2D eigenvalue weighted by Gasteiger charge is 2.25. The summed E-state index contributed by atoms with van der Waals surface area (Å²) in [6, 6.07) is 7.80. The minimum atomic E-state index is -0.0745. The maximum absolute atomic E-state index is 13.3. The van der Waals surface area contributed by atoms with Crippen LogP contribution in [0.2, 0.25) is 0 Å². The van der Waals surface area contributed by atoms with E-state index in [9.17, 15) is 4.79 Å². The average Bonchev–Trinajstić information content (AvgIpc) is 2.95. The van der Waals surface area contributed by atoms with Gasteiger partial charge in [-0.1, -0.05) is 18.6 Å². The van der Waals surface area contributed by atoms with Crippen LogP contribution in [-0.2, 0) is 24.2 Å². The zero-order valence-corrected chi connectivity index (χ0v) is 16.2. The molecule has 1 aliphatic rings. The minimum Gasteiger partial charge on any atom is -0.497 e. The Kier molecular flexibility index (Phi) is 6.81. The number of carbonyl (C=O) groups is 1. The van der Waals surface area contributed by atoms with Crippen molar-refractivity contribution < 1.29 is 14.3 Å². The zero-order chi connectivity index (χ0) is 19.1. The third-order valence-electron chi connectivity index (χ3n) is 4.87. The Morgan fingerprint density at radius 1 is 1.22 bits per heavy atom. The normalized spacial score (nSPS) is 13.7. The van der Waals surface area contributed by atoms with Crippen LogP contribution in [0.5, 0.6) is 5.75 Å². The second kappa shape index (κ2) is 9.50. The van der Waals surface area contributed by atoms with Crippen LogP contribution < -0.4 is 4.74 Å². The number of aryl methyl sites for hydroxylation is 1. The summed E-state index contributed by atoms with van der Waals surface area (Å²) in [6.07, 6.45) is 4.99. The summed E-state index contributed by atoms with van der Waals surface area (Å²) >= 11 is 0. The molecular weight excluding hydrogens is 344 g/mol. The predicted octanol–water partition coefficient (Wildman–Crippen LogP) is 2.69. The van der Waals surface area contributed by atoms with Crippen molar-refractivity contribution in [3.8, 4) is 5.75 Å². The number of methoxy groups -OCH3 is 2. The minimum absolute atomic E-state index is 0.0745. The number of hydrogen-bond donors (Lipinski definition) is 0. The topological polar surface area (TPSA) is 69.5 Å². The van der Waals surface area contributed by atoms with E-state index in [0.29, 0.717) is 25.5 Å². The van der Waals surface area contributed by atoms with Gasteiger partial charge in [0.15, 0.2) is 0 Å². The van der Waals surface area contributed by atoms with Gasteiger partial charge in [0.25, 0.3) is 5.91 Å². The molecule has 7 heteroatoms. The van der Waals surface area contributed by atoms with E-state index in [1.807, 2.05) is 33.7 Å². The van der Waals surface area contributed by atoms with Gasteiger partial charge in [0.05, 0.1) is 7.11 Å². The first-order chi connectivity index (χ1) is 13.2. The Morgan fingerprint density at radius 2 is 2.11 bits per heavy atom. The maximum Gasteiger partial charge on any atom is 0.292 e. The smallest absolute Gasteiger partial charge is 0.292 e. The van der Waals surface area contributed by atoms with Gasteiger partial charge >= 0.3 is 0 Å². The predicted molar refractivity (Wildman–Crippen MR) is 102 cm³/mol. The van der Waals surface area contributed by atoms with Crippen LogP contribution in [0.25, 0.3) is 0 Å². The van der Waals surface area contributed by atoms with E-state index in [1.165, 1.54) is 6.42 Å². The largest absolute Gasteiger partial charge is 0.497 e. The number of benzene rings is 1. The number of ether oxygens (including phenoxy) is 2. The molecule has 1 amide bonds. The highest BCUT2D eigenvalue weighted by Crippen LogP contribution is 2.18. The molecule has 0 atom stereocenters. The van der Waals surface area contributed by atoms with Gasteiger partial charge in [0.1, 0.15) is 11.6 Å². The summed E-state index contributed by atoms with van der Waals surface area (Å²) in [5.41, 5.74) is 1.02. The average molecular weight is 372 g/mol. The molecule has 1 aliphatic heterocycles. The number of hydrogen-bond acceptors (Lipinski definition) is 5. The van der Waals surface area contributed by atoms with E-state index in [0.717, 1.165) is 49.4 Å². The summed E-state index contributed by atoms with van der Waals surface area (Å²) < 4.78 is 12.5. The lowest BCUT2D eigenvalue weighted by Crippen LogP contribution is -2.34. The summed E-state index contributed by atoms with van der Waals surface area (Å²) in [5.74, 6) is 2.09. The van der Waals surface area contributed by atoms with E-state index in [2.05, 4.69) is 10.2 Å². The van der Waals surface area contributed by atoms with Crippen LogP contribution in [0.3, 0.4) is 0 Å². The van der Waals surface area contributed by atoms with Gasteiger partial charge in [0, 0.05) is 39.8 Å². The van der Waals surface area contributed by atoms with Crippen molar-refractivity contribution in [1.82, 2.24) is 19.7 Å². The molecule has 1 aromatic carbocycles. The van der Waals surface area contributed by atoms with Gasteiger partial charge in [-0.25, -0.2) is 0 Å². The lowest BCUT2D eigenvalue weighted by Gasteiger charge is -2.23. The number of amides is 1. The summed E-state index contributed by atoms with van der Waals surface area (Å²) in [6.45, 7) is 2.53. The monoisotopic (exact) mass is 372 g/mol. The van der Waals surface area contributed by atoms with Crippen LogP contribution in [0, 0.1) is 0 Å². The van der Waals surface area contributed by atoms with Crippen molar-refractivity contribution in [1.29, 1.82) is 0 Å². The second-order valence-electron chi connectivity index (χ2n) is 6.83. The highest BCUT2D eigenvalue weighted by atomic mass is 16.5. The number of aromatic nitrogens is 3. The summed E-state index contributed by atoms with van der Waals surface area (Å²) in [4.78, 5) is 15.1. The fourth-order valence-corrected chi connectivity index (χ4v) is 3.43. The molecule has 0 saturated carbocycles. The first kappa shape index (κ1) is 19.4. The molecule has 0 N–H and O–H groups in total. The highest BCUT2D eigenvalue weighted by molar-refractivity contribution is 5.90. The van der Waals surface area contributed by atoms with Crippen molar-refractivity contribution in [2.45, 2.75) is 45.2 Å². The van der Waals surface area contributed by atoms with Gasteiger partial charge in [0.2, 0.25) is 5.82 Å². The summed E-state index contributed by atoms with van der Waals surface area (Å²) in [5, 5.41) is 8.50. The molecule has 2 heterocycles. The molecule has 0 saturated heterocycles. The molecule has 0 aliphatic carbocycles. The SMILES string of the molecule is COCCCN(Cc1cccc(OC)c1)C(=O)c1nnc2n1CCCCC2. The third kappa shape index (κ3) is 4.86. The van der Waals surface area contributed by atoms with Crippen molar-refractivity contribution in [2.75, 3.05) is 27.4 Å². The molecule has 0 bridgehead atoms. The van der Waals surface area contributed by atoms with Gasteiger partial charge in [-0.05, 0) is 37.0 Å². The van der Waals surface area contributed by atoms with E-state index in [-0.39, 0.29) is 5.91 Å². The van der Waals surface area contributed by atoms with Crippen molar-refractivity contribution in [3.05, 3.63) is 41.5 Å². The molecule has 0 fully saturated rings. The first-order valence-corrected chi connectivity index (χ1v) is 9.56. The Balaban J connectivity index is 1.81. The third-order valence-corrected chi connectivity index (χ3v) is 4.87. The molecule has 0 radical (unpaired) electrons. The van der Waals surface area contributed by atoms with E-state index < -0.39 is 0 Å². The van der Waals surface area contributed by atoms with Crippen molar-refractivity contribution in [2.24, 2.45) is 0 Å². The number of nitrogens with zero attached hydrogens (tertiary/aromatic N) is 4. The number of fused-ring (bicyclic) bond motifs is 1. The Labute approximate surface area is 160 Å². The molecule has 3 rings (SSSR count). The van der Waals surface area contributed by atoms with Crippen LogP contribution in [0.1, 0.15) is 47.7 Å². The Hall–Kier alpha value is -2.41. The molecule has 2 aromatic rings. The fourth-order valence-electron chi connectivity index (χ4n) is 3.43. The molecule has 0 unspecified atom stereocenters. The molecule has 1 aromatic heterocycles. The van der Waals surface area contributed by atoms with E-state index in [1.54, 1.807) is 14.2 Å². The second-order valence-corrected chi connectivity index (χ2v) is 6.83. The summed E-state index contributed by atoms with van der Waals surface area (Å²) in [7, 11) is 3.32. The van der Waals surface area contributed by atoms with Crippen LogP contribution >= 0.6 is 0 Å². The van der Waals surface area contributed by atoms with Crippen LogP contribution in [-0.4, -0.2) is 52.9 Å². The molecule has 0 spiro atoms. The first-order valence-electron chi connectivity index (χ1n) is 9.56. The van der Waals surface area contributed by atoms with Gasteiger partial charge in [-0.15, -0.1) is 10.2 Å². The number of carbonyl (C=O) groups excluding carboxylic acids is 1. The lowest BCUT2D eigenvalue weighted by atomic mass is 10.2. The fraction of sp³-hybridized carbons (Fsp3) is 0.550. The molecule has 7 nitrogen and oxygen atoms in total. The Bertz CT molecular complexity index is 759. The van der Waals surface area contributed by atoms with Crippen molar-refractivity contribution in [3.63, 3.8) is 0 Å². The molecule has 27 heavy (non-hydrogen) atoms. The maximum atomic E-state index is 13.3.